The molecule has 0 unspecified atom stereocenters. The molecule has 5 heteroatoms. The van der Waals surface area contributed by atoms with E-state index in [2.05, 4.69) is 10.3 Å². The maximum absolute atomic E-state index is 12.7. The zero-order valence-corrected chi connectivity index (χ0v) is 15.5. The molecule has 0 atom stereocenters. The first-order chi connectivity index (χ1) is 13.7. The SMILES string of the molecule is O=C(Nc1ccc(-c2nccs2)cc1)c1ccc2c(c1)C(=O)c1ccccc1-2. The molecule has 5 rings (SSSR count). The number of fused-ring (bicyclic) bond motifs is 3. The number of aromatic nitrogens is 1. The third kappa shape index (κ3) is 2.73. The molecule has 0 fully saturated rings. The standard InChI is InChI=1S/C23H14N2O2S/c26-21-19-4-2-1-3-17(19)18-10-7-15(13-20(18)21)22(27)25-16-8-5-14(6-9-16)23-24-11-12-28-23/h1-13H,(H,25,27). The molecule has 0 bridgehead atoms. The van der Waals surface area contributed by atoms with Crippen LogP contribution in [0.2, 0.25) is 0 Å². The predicted molar refractivity (Wildman–Crippen MR) is 111 cm³/mol. The minimum Gasteiger partial charge on any atom is -0.322 e. The largest absolute Gasteiger partial charge is 0.322 e. The maximum atomic E-state index is 12.7. The number of benzene rings is 3. The van der Waals surface area contributed by atoms with E-state index in [4.69, 9.17) is 0 Å². The van der Waals surface area contributed by atoms with Crippen molar-refractivity contribution in [2.24, 2.45) is 0 Å². The van der Waals surface area contributed by atoms with Crippen molar-refractivity contribution in [1.82, 2.24) is 4.98 Å². The van der Waals surface area contributed by atoms with Crippen LogP contribution < -0.4 is 5.32 Å². The molecule has 4 aromatic rings. The quantitative estimate of drug-likeness (QED) is 0.462. The van der Waals surface area contributed by atoms with Crippen molar-refractivity contribution in [1.29, 1.82) is 0 Å². The fourth-order valence-corrected chi connectivity index (χ4v) is 4.08. The van der Waals surface area contributed by atoms with Gasteiger partial charge in [0, 0.05) is 39.5 Å². The third-order valence-corrected chi connectivity index (χ3v) is 5.63. The van der Waals surface area contributed by atoms with Gasteiger partial charge in [-0.15, -0.1) is 11.3 Å². The van der Waals surface area contributed by atoms with Crippen LogP contribution in [0.25, 0.3) is 21.7 Å². The van der Waals surface area contributed by atoms with Crippen LogP contribution >= 0.6 is 11.3 Å². The molecule has 0 radical (unpaired) electrons. The molecule has 4 nitrogen and oxygen atoms in total. The Morgan fingerprint density at radius 3 is 2.36 bits per heavy atom. The topological polar surface area (TPSA) is 59.1 Å². The number of nitrogens with one attached hydrogen (secondary N) is 1. The summed E-state index contributed by atoms with van der Waals surface area (Å²) in [4.78, 5) is 29.6. The molecular weight excluding hydrogens is 368 g/mol. The second kappa shape index (κ2) is 6.55. The highest BCUT2D eigenvalue weighted by Crippen LogP contribution is 2.36. The Balaban J connectivity index is 1.39. The highest BCUT2D eigenvalue weighted by molar-refractivity contribution is 7.13. The van der Waals surface area contributed by atoms with Crippen LogP contribution in [0, 0.1) is 0 Å². The average Bonchev–Trinajstić information content (AvgIpc) is 3.36. The minimum absolute atomic E-state index is 0.0342. The summed E-state index contributed by atoms with van der Waals surface area (Å²) in [5.74, 6) is -0.276. The smallest absolute Gasteiger partial charge is 0.255 e. The van der Waals surface area contributed by atoms with Gasteiger partial charge in [-0.3, -0.25) is 9.59 Å². The molecular formula is C23H14N2O2S. The number of carbonyl (C=O) groups excluding carboxylic acids is 2. The monoisotopic (exact) mass is 382 g/mol. The minimum atomic E-state index is -0.242. The lowest BCUT2D eigenvalue weighted by Gasteiger charge is -2.07. The molecule has 1 N–H and O–H groups in total. The number of hydrogen-bond donors (Lipinski definition) is 1. The average molecular weight is 382 g/mol. The van der Waals surface area contributed by atoms with Crippen molar-refractivity contribution >= 4 is 28.7 Å². The van der Waals surface area contributed by atoms with E-state index in [0.29, 0.717) is 22.4 Å². The predicted octanol–water partition coefficient (Wildman–Crippen LogP) is 5.27. The molecule has 1 aromatic heterocycles. The van der Waals surface area contributed by atoms with Crippen LogP contribution in [-0.4, -0.2) is 16.7 Å². The van der Waals surface area contributed by atoms with Crippen LogP contribution in [0.3, 0.4) is 0 Å². The van der Waals surface area contributed by atoms with E-state index in [1.807, 2.05) is 60.0 Å². The highest BCUT2D eigenvalue weighted by Gasteiger charge is 2.27. The molecule has 3 aromatic carbocycles. The van der Waals surface area contributed by atoms with Gasteiger partial charge >= 0.3 is 0 Å². The van der Waals surface area contributed by atoms with Gasteiger partial charge in [0.1, 0.15) is 5.01 Å². The van der Waals surface area contributed by atoms with Crippen LogP contribution in [0.5, 0.6) is 0 Å². The summed E-state index contributed by atoms with van der Waals surface area (Å²) in [5, 5.41) is 5.76. The molecule has 0 saturated carbocycles. The van der Waals surface area contributed by atoms with Gasteiger partial charge < -0.3 is 5.32 Å². The van der Waals surface area contributed by atoms with Gasteiger partial charge in [0.25, 0.3) is 5.91 Å². The first kappa shape index (κ1) is 16.6. The molecule has 0 aliphatic heterocycles. The highest BCUT2D eigenvalue weighted by atomic mass is 32.1. The van der Waals surface area contributed by atoms with E-state index in [0.717, 1.165) is 21.7 Å². The molecule has 134 valence electrons. The lowest BCUT2D eigenvalue weighted by atomic mass is 10.0. The molecule has 1 amide bonds. The number of amides is 1. The Morgan fingerprint density at radius 2 is 1.61 bits per heavy atom. The Bertz CT molecular complexity index is 1210. The number of anilines is 1. The number of ketones is 1. The van der Waals surface area contributed by atoms with Crippen molar-refractivity contribution in [3.05, 3.63) is 95.0 Å². The Kier molecular flexibility index (Phi) is 3.88. The lowest BCUT2D eigenvalue weighted by Crippen LogP contribution is -2.12. The van der Waals surface area contributed by atoms with E-state index in [1.54, 1.807) is 29.7 Å². The normalized spacial score (nSPS) is 11.8. The third-order valence-electron chi connectivity index (χ3n) is 4.81. The summed E-state index contributed by atoms with van der Waals surface area (Å²) in [6.07, 6.45) is 1.77. The van der Waals surface area contributed by atoms with Crippen LogP contribution in [0.4, 0.5) is 5.69 Å². The first-order valence-electron chi connectivity index (χ1n) is 8.80. The first-order valence-corrected chi connectivity index (χ1v) is 9.68. The van der Waals surface area contributed by atoms with Gasteiger partial charge in [-0.25, -0.2) is 4.98 Å². The van der Waals surface area contributed by atoms with Crippen LogP contribution in [0.15, 0.2) is 78.3 Å². The lowest BCUT2D eigenvalue weighted by molar-refractivity contribution is 0.102. The fourth-order valence-electron chi connectivity index (χ4n) is 3.43. The second-order valence-electron chi connectivity index (χ2n) is 6.50. The van der Waals surface area contributed by atoms with Crippen molar-refractivity contribution in [2.75, 3.05) is 5.32 Å². The van der Waals surface area contributed by atoms with Gasteiger partial charge in [0.15, 0.2) is 5.78 Å². The van der Waals surface area contributed by atoms with Gasteiger partial charge in [-0.05, 0) is 47.5 Å². The summed E-state index contributed by atoms with van der Waals surface area (Å²) >= 11 is 1.57. The zero-order chi connectivity index (χ0) is 19.1. The number of thiazole rings is 1. The molecule has 28 heavy (non-hydrogen) atoms. The van der Waals surface area contributed by atoms with Gasteiger partial charge in [-0.2, -0.15) is 0 Å². The van der Waals surface area contributed by atoms with E-state index in [-0.39, 0.29) is 11.7 Å². The van der Waals surface area contributed by atoms with E-state index >= 15 is 0 Å². The molecule has 1 aliphatic carbocycles. The Hall–Kier alpha value is -3.57. The summed E-state index contributed by atoms with van der Waals surface area (Å²) < 4.78 is 0. The van der Waals surface area contributed by atoms with E-state index < -0.39 is 0 Å². The summed E-state index contributed by atoms with van der Waals surface area (Å²) in [5.41, 5.74) is 5.23. The molecule has 0 saturated heterocycles. The Labute approximate surface area is 165 Å². The van der Waals surface area contributed by atoms with E-state index in [9.17, 15) is 9.59 Å². The van der Waals surface area contributed by atoms with Crippen molar-refractivity contribution in [3.8, 4) is 21.7 Å². The summed E-state index contributed by atoms with van der Waals surface area (Å²) in [6, 6.07) is 20.4. The maximum Gasteiger partial charge on any atom is 0.255 e. The number of rotatable bonds is 3. The van der Waals surface area contributed by atoms with Crippen molar-refractivity contribution in [3.63, 3.8) is 0 Å². The molecule has 1 aliphatic rings. The van der Waals surface area contributed by atoms with Crippen LogP contribution in [-0.2, 0) is 0 Å². The number of hydrogen-bond acceptors (Lipinski definition) is 4. The fraction of sp³-hybridized carbons (Fsp3) is 0. The number of carbonyl (C=O) groups is 2. The van der Waals surface area contributed by atoms with Gasteiger partial charge in [0.05, 0.1) is 0 Å². The summed E-state index contributed by atoms with van der Waals surface area (Å²) in [6.45, 7) is 0. The second-order valence-corrected chi connectivity index (χ2v) is 7.40. The zero-order valence-electron chi connectivity index (χ0n) is 14.7. The van der Waals surface area contributed by atoms with Crippen molar-refractivity contribution < 1.29 is 9.59 Å². The van der Waals surface area contributed by atoms with Gasteiger partial charge in [0.2, 0.25) is 0 Å². The molecule has 0 spiro atoms. The summed E-state index contributed by atoms with van der Waals surface area (Å²) in [7, 11) is 0. The van der Waals surface area contributed by atoms with Gasteiger partial charge in [-0.1, -0.05) is 30.3 Å². The van der Waals surface area contributed by atoms with Crippen molar-refractivity contribution in [2.45, 2.75) is 0 Å². The Morgan fingerprint density at radius 1 is 0.857 bits per heavy atom. The number of nitrogens with zero attached hydrogens (tertiary/aromatic N) is 1. The van der Waals surface area contributed by atoms with Crippen LogP contribution in [0.1, 0.15) is 26.3 Å². The molecule has 1 heterocycles. The van der Waals surface area contributed by atoms with E-state index in [1.165, 1.54) is 0 Å².